The molecule has 1 heterocycles. The number of nitrogens with one attached hydrogen (secondary N) is 1. The van der Waals surface area contributed by atoms with E-state index in [0.717, 1.165) is 12.1 Å². The molecule has 1 aliphatic rings. The monoisotopic (exact) mass is 236 g/mol. The lowest BCUT2D eigenvalue weighted by atomic mass is 10.2. The van der Waals surface area contributed by atoms with Crippen molar-refractivity contribution in [2.45, 2.75) is 19.4 Å². The van der Waals surface area contributed by atoms with E-state index in [1.165, 1.54) is 24.3 Å². The van der Waals surface area contributed by atoms with Crippen molar-refractivity contribution in [2.75, 3.05) is 6.54 Å². The third-order valence-corrected chi connectivity index (χ3v) is 2.48. The van der Waals surface area contributed by atoms with Gasteiger partial charge in [-0.25, -0.2) is 4.39 Å². The Morgan fingerprint density at radius 3 is 2.82 bits per heavy atom. The molecule has 5 heteroatoms. The highest BCUT2D eigenvalue weighted by molar-refractivity contribution is 5.94. The number of hydrogen-bond donors (Lipinski definition) is 1. The molecular weight excluding hydrogens is 223 g/mol. The highest BCUT2D eigenvalue weighted by Gasteiger charge is 2.18. The van der Waals surface area contributed by atoms with Crippen LogP contribution >= 0.6 is 0 Å². The Hall–Kier alpha value is -1.91. The van der Waals surface area contributed by atoms with Crippen LogP contribution in [-0.2, 0) is 4.84 Å². The molecule has 0 aliphatic carbocycles. The van der Waals surface area contributed by atoms with Crippen molar-refractivity contribution in [2.24, 2.45) is 5.16 Å². The van der Waals surface area contributed by atoms with E-state index in [1.807, 2.05) is 6.92 Å². The number of halogens is 1. The van der Waals surface area contributed by atoms with Gasteiger partial charge in [-0.05, 0) is 31.2 Å². The maximum absolute atomic E-state index is 12.7. The minimum absolute atomic E-state index is 0.0978. The van der Waals surface area contributed by atoms with Crippen LogP contribution in [0.1, 0.15) is 23.7 Å². The fourth-order valence-electron chi connectivity index (χ4n) is 1.59. The van der Waals surface area contributed by atoms with Crippen LogP contribution in [-0.4, -0.2) is 24.3 Å². The Morgan fingerprint density at radius 1 is 1.53 bits per heavy atom. The molecule has 1 N–H and O–H groups in total. The Labute approximate surface area is 98.5 Å². The van der Waals surface area contributed by atoms with E-state index >= 15 is 0 Å². The predicted molar refractivity (Wildman–Crippen MR) is 61.3 cm³/mol. The molecule has 0 saturated heterocycles. The first-order chi connectivity index (χ1) is 8.15. The molecule has 1 aromatic rings. The molecule has 0 fully saturated rings. The van der Waals surface area contributed by atoms with E-state index in [1.54, 1.807) is 0 Å². The number of nitrogens with zero attached hydrogens (tertiary/aromatic N) is 1. The van der Waals surface area contributed by atoms with Crippen LogP contribution in [0, 0.1) is 5.82 Å². The van der Waals surface area contributed by atoms with Crippen molar-refractivity contribution >= 4 is 11.6 Å². The summed E-state index contributed by atoms with van der Waals surface area (Å²) < 4.78 is 12.7. The number of oxime groups is 1. The van der Waals surface area contributed by atoms with Crippen LogP contribution in [0.4, 0.5) is 4.39 Å². The molecule has 2 rings (SSSR count). The van der Waals surface area contributed by atoms with Gasteiger partial charge in [0, 0.05) is 12.0 Å². The lowest BCUT2D eigenvalue weighted by Crippen LogP contribution is -2.32. The van der Waals surface area contributed by atoms with Gasteiger partial charge >= 0.3 is 0 Å². The lowest BCUT2D eigenvalue weighted by molar-refractivity contribution is 0.0753. The van der Waals surface area contributed by atoms with Crippen molar-refractivity contribution < 1.29 is 14.0 Å². The lowest BCUT2D eigenvalue weighted by Gasteiger charge is -2.09. The molecule has 4 nitrogen and oxygen atoms in total. The third kappa shape index (κ3) is 3.03. The zero-order valence-electron chi connectivity index (χ0n) is 9.44. The Balaban J connectivity index is 1.83. The van der Waals surface area contributed by atoms with Crippen LogP contribution in [0.3, 0.4) is 0 Å². The first-order valence-corrected chi connectivity index (χ1v) is 5.38. The highest BCUT2D eigenvalue weighted by atomic mass is 19.1. The van der Waals surface area contributed by atoms with E-state index in [4.69, 9.17) is 4.84 Å². The van der Waals surface area contributed by atoms with Gasteiger partial charge in [-0.1, -0.05) is 5.16 Å². The van der Waals surface area contributed by atoms with E-state index in [0.29, 0.717) is 12.1 Å². The topological polar surface area (TPSA) is 50.7 Å². The van der Waals surface area contributed by atoms with Crippen LogP contribution in [0.15, 0.2) is 29.4 Å². The SMILES string of the molecule is CC1=NOC(CNC(=O)c2ccc(F)cc2)C1. The Bertz CT molecular complexity index is 442. The first-order valence-electron chi connectivity index (χ1n) is 5.38. The summed E-state index contributed by atoms with van der Waals surface area (Å²) in [6.45, 7) is 2.28. The summed E-state index contributed by atoms with van der Waals surface area (Å²) in [4.78, 5) is 16.8. The van der Waals surface area contributed by atoms with Crippen molar-refractivity contribution in [1.29, 1.82) is 0 Å². The molecule has 1 amide bonds. The van der Waals surface area contributed by atoms with Crippen LogP contribution in [0.25, 0.3) is 0 Å². The smallest absolute Gasteiger partial charge is 0.251 e. The molecule has 0 bridgehead atoms. The van der Waals surface area contributed by atoms with Gasteiger partial charge in [-0.15, -0.1) is 0 Å². The van der Waals surface area contributed by atoms with E-state index in [2.05, 4.69) is 10.5 Å². The minimum Gasteiger partial charge on any atom is -0.390 e. The third-order valence-electron chi connectivity index (χ3n) is 2.48. The summed E-state index contributed by atoms with van der Waals surface area (Å²) in [6, 6.07) is 5.41. The first kappa shape index (κ1) is 11.6. The molecule has 1 unspecified atom stereocenters. The molecular formula is C12H13FN2O2. The summed E-state index contributed by atoms with van der Waals surface area (Å²) in [5, 5.41) is 6.52. The number of hydrogen-bond acceptors (Lipinski definition) is 3. The average Bonchev–Trinajstić information content (AvgIpc) is 2.73. The second-order valence-electron chi connectivity index (χ2n) is 3.98. The van der Waals surface area contributed by atoms with Gasteiger partial charge in [0.1, 0.15) is 11.9 Å². The quantitative estimate of drug-likeness (QED) is 0.868. The van der Waals surface area contributed by atoms with Crippen LogP contribution in [0.5, 0.6) is 0 Å². The van der Waals surface area contributed by atoms with Gasteiger partial charge in [-0.2, -0.15) is 0 Å². The summed E-state index contributed by atoms with van der Waals surface area (Å²) >= 11 is 0. The molecule has 1 atom stereocenters. The van der Waals surface area contributed by atoms with Crippen LogP contribution in [0.2, 0.25) is 0 Å². The standard InChI is InChI=1S/C12H13FN2O2/c1-8-6-11(17-15-8)7-14-12(16)9-2-4-10(13)5-3-9/h2-5,11H,6-7H2,1H3,(H,14,16). The van der Waals surface area contributed by atoms with Gasteiger partial charge in [0.2, 0.25) is 0 Å². The fraction of sp³-hybridized carbons (Fsp3) is 0.333. The maximum Gasteiger partial charge on any atom is 0.251 e. The van der Waals surface area contributed by atoms with E-state index < -0.39 is 0 Å². The van der Waals surface area contributed by atoms with Gasteiger partial charge < -0.3 is 10.2 Å². The van der Waals surface area contributed by atoms with Gasteiger partial charge in [0.05, 0.1) is 12.3 Å². The largest absolute Gasteiger partial charge is 0.390 e. The molecule has 0 radical (unpaired) electrons. The van der Waals surface area contributed by atoms with Crippen LogP contribution < -0.4 is 5.32 Å². The van der Waals surface area contributed by atoms with Crippen molar-refractivity contribution in [3.63, 3.8) is 0 Å². The predicted octanol–water partition coefficient (Wildman–Crippen LogP) is 1.72. The maximum atomic E-state index is 12.7. The fourth-order valence-corrected chi connectivity index (χ4v) is 1.59. The average molecular weight is 236 g/mol. The molecule has 1 aromatic carbocycles. The number of benzene rings is 1. The zero-order chi connectivity index (χ0) is 12.3. The minimum atomic E-state index is -0.357. The number of rotatable bonds is 3. The summed E-state index contributed by atoms with van der Waals surface area (Å²) in [5.41, 5.74) is 1.35. The van der Waals surface area contributed by atoms with Gasteiger partial charge in [0.25, 0.3) is 5.91 Å². The Kier molecular flexibility index (Phi) is 3.37. The van der Waals surface area contributed by atoms with Crippen molar-refractivity contribution in [1.82, 2.24) is 5.32 Å². The number of amides is 1. The molecule has 0 saturated carbocycles. The van der Waals surface area contributed by atoms with E-state index in [9.17, 15) is 9.18 Å². The number of carbonyl (C=O) groups excluding carboxylic acids is 1. The second-order valence-corrected chi connectivity index (χ2v) is 3.98. The molecule has 0 aromatic heterocycles. The van der Waals surface area contributed by atoms with Crippen molar-refractivity contribution in [3.8, 4) is 0 Å². The normalized spacial score (nSPS) is 18.5. The highest BCUT2D eigenvalue weighted by Crippen LogP contribution is 2.09. The molecule has 90 valence electrons. The van der Waals surface area contributed by atoms with E-state index in [-0.39, 0.29) is 17.8 Å². The molecule has 1 aliphatic heterocycles. The molecule has 17 heavy (non-hydrogen) atoms. The summed E-state index contributed by atoms with van der Waals surface area (Å²) in [7, 11) is 0. The zero-order valence-corrected chi connectivity index (χ0v) is 9.44. The Morgan fingerprint density at radius 2 is 2.24 bits per heavy atom. The van der Waals surface area contributed by atoms with Crippen molar-refractivity contribution in [3.05, 3.63) is 35.6 Å². The van der Waals surface area contributed by atoms with Gasteiger partial charge in [0.15, 0.2) is 0 Å². The van der Waals surface area contributed by atoms with Gasteiger partial charge in [-0.3, -0.25) is 4.79 Å². The summed E-state index contributed by atoms with van der Waals surface area (Å²) in [5.74, 6) is -0.595. The summed E-state index contributed by atoms with van der Waals surface area (Å²) in [6.07, 6.45) is 0.628. The second kappa shape index (κ2) is 4.95. The molecule has 0 spiro atoms. The number of carbonyl (C=O) groups is 1.